The molecule has 0 aromatic heterocycles. The van der Waals surface area contributed by atoms with Crippen molar-refractivity contribution in [1.29, 1.82) is 0 Å². The Labute approximate surface area is 146 Å². The fourth-order valence-electron chi connectivity index (χ4n) is 2.21. The predicted octanol–water partition coefficient (Wildman–Crippen LogP) is 1.89. The SMILES string of the molecule is CN=C(NCC(c1ccc(OC)cc1)N(C)C)NCC(C)(C)OC. The van der Waals surface area contributed by atoms with Crippen molar-refractivity contribution in [3.05, 3.63) is 29.8 Å². The third-order valence-electron chi connectivity index (χ3n) is 4.04. The summed E-state index contributed by atoms with van der Waals surface area (Å²) < 4.78 is 10.7. The van der Waals surface area contributed by atoms with Crippen molar-refractivity contribution >= 4 is 5.96 Å². The van der Waals surface area contributed by atoms with Gasteiger partial charge in [-0.05, 0) is 45.6 Å². The van der Waals surface area contributed by atoms with Gasteiger partial charge < -0.3 is 25.0 Å². The monoisotopic (exact) mass is 336 g/mol. The van der Waals surface area contributed by atoms with Gasteiger partial charge in [0.05, 0.1) is 18.8 Å². The van der Waals surface area contributed by atoms with E-state index in [1.807, 2.05) is 26.0 Å². The van der Waals surface area contributed by atoms with Crippen LogP contribution in [-0.2, 0) is 4.74 Å². The second kappa shape index (κ2) is 9.49. The molecule has 1 unspecified atom stereocenters. The van der Waals surface area contributed by atoms with Gasteiger partial charge in [0.1, 0.15) is 5.75 Å². The highest BCUT2D eigenvalue weighted by Gasteiger charge is 2.18. The lowest BCUT2D eigenvalue weighted by Crippen LogP contribution is -2.47. The number of hydrogen-bond acceptors (Lipinski definition) is 4. The molecule has 0 aliphatic rings. The van der Waals surface area contributed by atoms with Crippen molar-refractivity contribution in [2.24, 2.45) is 4.99 Å². The van der Waals surface area contributed by atoms with Gasteiger partial charge in [-0.2, -0.15) is 0 Å². The third kappa shape index (κ3) is 6.37. The summed E-state index contributed by atoms with van der Waals surface area (Å²) in [6, 6.07) is 8.38. The number of benzene rings is 1. The number of ether oxygens (including phenoxy) is 2. The Bertz CT molecular complexity index is 512. The number of nitrogens with zero attached hydrogens (tertiary/aromatic N) is 2. The minimum absolute atomic E-state index is 0.227. The largest absolute Gasteiger partial charge is 0.497 e. The van der Waals surface area contributed by atoms with Gasteiger partial charge in [-0.3, -0.25) is 4.99 Å². The van der Waals surface area contributed by atoms with Crippen LogP contribution >= 0.6 is 0 Å². The minimum Gasteiger partial charge on any atom is -0.497 e. The molecule has 1 aromatic rings. The summed E-state index contributed by atoms with van der Waals surface area (Å²) >= 11 is 0. The van der Waals surface area contributed by atoms with Crippen molar-refractivity contribution in [3.63, 3.8) is 0 Å². The lowest BCUT2D eigenvalue weighted by atomic mass is 10.1. The molecular weight excluding hydrogens is 304 g/mol. The maximum absolute atomic E-state index is 5.42. The molecule has 0 saturated carbocycles. The van der Waals surface area contributed by atoms with Crippen LogP contribution in [0.5, 0.6) is 5.75 Å². The van der Waals surface area contributed by atoms with Crippen LogP contribution in [0.25, 0.3) is 0 Å². The molecule has 0 bridgehead atoms. The van der Waals surface area contributed by atoms with Gasteiger partial charge in [-0.1, -0.05) is 12.1 Å². The Kier molecular flexibility index (Phi) is 8.01. The molecule has 6 heteroatoms. The van der Waals surface area contributed by atoms with Crippen LogP contribution < -0.4 is 15.4 Å². The summed E-state index contributed by atoms with van der Waals surface area (Å²) in [5.41, 5.74) is 0.982. The number of aliphatic imine (C=N–C) groups is 1. The minimum atomic E-state index is -0.242. The van der Waals surface area contributed by atoms with E-state index in [9.17, 15) is 0 Å². The highest BCUT2D eigenvalue weighted by atomic mass is 16.5. The number of rotatable bonds is 8. The molecule has 0 aliphatic carbocycles. The molecule has 1 aromatic carbocycles. The molecule has 6 nitrogen and oxygen atoms in total. The smallest absolute Gasteiger partial charge is 0.191 e. The first kappa shape index (κ1) is 20.3. The summed E-state index contributed by atoms with van der Waals surface area (Å²) in [5, 5.41) is 6.69. The molecule has 1 rings (SSSR count). The Morgan fingerprint density at radius 1 is 1.17 bits per heavy atom. The Morgan fingerprint density at radius 2 is 1.79 bits per heavy atom. The van der Waals surface area contributed by atoms with Gasteiger partial charge in [0, 0.05) is 27.2 Å². The molecule has 0 fully saturated rings. The molecule has 24 heavy (non-hydrogen) atoms. The summed E-state index contributed by atoms with van der Waals surface area (Å²) in [6.45, 7) is 5.49. The van der Waals surface area contributed by atoms with E-state index < -0.39 is 0 Å². The van der Waals surface area contributed by atoms with E-state index in [0.29, 0.717) is 6.54 Å². The predicted molar refractivity (Wildman–Crippen MR) is 99.9 cm³/mol. The summed E-state index contributed by atoms with van der Waals surface area (Å²) in [6.07, 6.45) is 0. The highest BCUT2D eigenvalue weighted by Crippen LogP contribution is 2.20. The first-order chi connectivity index (χ1) is 11.3. The molecule has 0 radical (unpaired) electrons. The first-order valence-corrected chi connectivity index (χ1v) is 8.13. The Morgan fingerprint density at radius 3 is 2.25 bits per heavy atom. The molecule has 0 heterocycles. The molecule has 0 amide bonds. The molecule has 2 N–H and O–H groups in total. The summed E-state index contributed by atoms with van der Waals surface area (Å²) in [5.74, 6) is 1.63. The second-order valence-electron chi connectivity index (χ2n) is 6.52. The van der Waals surface area contributed by atoms with E-state index in [2.05, 4.69) is 46.8 Å². The van der Waals surface area contributed by atoms with Crippen LogP contribution in [-0.4, -0.2) is 64.9 Å². The number of nitrogens with one attached hydrogen (secondary N) is 2. The van der Waals surface area contributed by atoms with Crippen molar-refractivity contribution in [1.82, 2.24) is 15.5 Å². The van der Waals surface area contributed by atoms with Crippen molar-refractivity contribution < 1.29 is 9.47 Å². The van der Waals surface area contributed by atoms with E-state index in [4.69, 9.17) is 9.47 Å². The van der Waals surface area contributed by atoms with Crippen LogP contribution in [0.2, 0.25) is 0 Å². The quantitative estimate of drug-likeness (QED) is 0.561. The van der Waals surface area contributed by atoms with Gasteiger partial charge >= 0.3 is 0 Å². The fraction of sp³-hybridized carbons (Fsp3) is 0.611. The zero-order chi connectivity index (χ0) is 18.2. The van der Waals surface area contributed by atoms with Crippen LogP contribution in [0.1, 0.15) is 25.5 Å². The van der Waals surface area contributed by atoms with Crippen LogP contribution in [0.3, 0.4) is 0 Å². The first-order valence-electron chi connectivity index (χ1n) is 8.13. The molecule has 0 spiro atoms. The van der Waals surface area contributed by atoms with E-state index in [1.54, 1.807) is 21.3 Å². The third-order valence-corrected chi connectivity index (χ3v) is 4.04. The van der Waals surface area contributed by atoms with Crippen molar-refractivity contribution in [2.45, 2.75) is 25.5 Å². The maximum atomic E-state index is 5.42. The van der Waals surface area contributed by atoms with Gasteiger partial charge in [-0.15, -0.1) is 0 Å². The molecule has 0 aliphatic heterocycles. The van der Waals surface area contributed by atoms with Crippen LogP contribution in [0, 0.1) is 0 Å². The molecule has 136 valence electrons. The molecule has 1 atom stereocenters. The van der Waals surface area contributed by atoms with E-state index in [-0.39, 0.29) is 11.6 Å². The summed E-state index contributed by atoms with van der Waals surface area (Å²) in [7, 11) is 9.30. The van der Waals surface area contributed by atoms with E-state index in [0.717, 1.165) is 18.3 Å². The van der Waals surface area contributed by atoms with Crippen molar-refractivity contribution in [3.8, 4) is 5.75 Å². The van der Waals surface area contributed by atoms with Gasteiger partial charge in [0.2, 0.25) is 0 Å². The fourth-order valence-corrected chi connectivity index (χ4v) is 2.21. The zero-order valence-electron chi connectivity index (χ0n) is 16.0. The Balaban J connectivity index is 2.67. The highest BCUT2D eigenvalue weighted by molar-refractivity contribution is 5.79. The normalized spacial score (nSPS) is 13.8. The summed E-state index contributed by atoms with van der Waals surface area (Å²) in [4.78, 5) is 6.46. The van der Waals surface area contributed by atoms with Crippen LogP contribution in [0.15, 0.2) is 29.3 Å². The average molecular weight is 336 g/mol. The van der Waals surface area contributed by atoms with Gasteiger partial charge in [-0.25, -0.2) is 0 Å². The lowest BCUT2D eigenvalue weighted by Gasteiger charge is -2.28. The molecular formula is C18H32N4O2. The van der Waals surface area contributed by atoms with E-state index >= 15 is 0 Å². The average Bonchev–Trinajstić information content (AvgIpc) is 2.58. The Hall–Kier alpha value is -1.79. The lowest BCUT2D eigenvalue weighted by molar-refractivity contribution is 0.0268. The zero-order valence-corrected chi connectivity index (χ0v) is 16.0. The van der Waals surface area contributed by atoms with Gasteiger partial charge in [0.25, 0.3) is 0 Å². The second-order valence-corrected chi connectivity index (χ2v) is 6.52. The number of guanidine groups is 1. The van der Waals surface area contributed by atoms with Gasteiger partial charge in [0.15, 0.2) is 5.96 Å². The number of likely N-dealkylation sites (N-methyl/N-ethyl adjacent to an activating group) is 1. The van der Waals surface area contributed by atoms with Crippen LogP contribution in [0.4, 0.5) is 0 Å². The maximum Gasteiger partial charge on any atom is 0.191 e. The molecule has 0 saturated heterocycles. The standard InChI is InChI=1S/C18H32N4O2/c1-18(2,24-7)13-21-17(19-3)20-12-16(22(4)5)14-8-10-15(23-6)11-9-14/h8-11,16H,12-13H2,1-7H3,(H2,19,20,21). The van der Waals surface area contributed by atoms with E-state index in [1.165, 1.54) is 5.56 Å². The number of hydrogen-bond donors (Lipinski definition) is 2. The topological polar surface area (TPSA) is 58.1 Å². The number of methoxy groups -OCH3 is 2. The van der Waals surface area contributed by atoms with Crippen molar-refractivity contribution in [2.75, 3.05) is 48.5 Å².